The molecule has 1 heterocycles. The van der Waals surface area contributed by atoms with Crippen molar-refractivity contribution < 1.29 is 18.7 Å². The number of halogens is 2. The number of benzene rings is 2. The Hall–Kier alpha value is -2.40. The summed E-state index contributed by atoms with van der Waals surface area (Å²) in [5, 5.41) is 0.182. The van der Waals surface area contributed by atoms with Crippen LogP contribution in [-0.4, -0.2) is 24.5 Å². The van der Waals surface area contributed by atoms with Crippen molar-refractivity contribution in [3.63, 3.8) is 0 Å². The van der Waals surface area contributed by atoms with E-state index in [4.69, 9.17) is 16.3 Å². The van der Waals surface area contributed by atoms with Gasteiger partial charge in [-0.3, -0.25) is 4.79 Å². The third kappa shape index (κ3) is 3.12. The van der Waals surface area contributed by atoms with Gasteiger partial charge in [0.2, 0.25) is 0 Å². The summed E-state index contributed by atoms with van der Waals surface area (Å²) in [5.74, 6) is -2.00. The number of rotatable bonds is 3. The number of carbonyl (C=O) groups excluding carboxylic acids is 2. The zero-order valence-electron chi connectivity index (χ0n) is 13.0. The second-order valence-corrected chi connectivity index (χ2v) is 5.98. The van der Waals surface area contributed by atoms with Crippen LogP contribution in [0.4, 0.5) is 10.1 Å². The Morgan fingerprint density at radius 1 is 1.25 bits per heavy atom. The van der Waals surface area contributed by atoms with Crippen LogP contribution in [0.15, 0.2) is 42.5 Å². The third-order valence-electron chi connectivity index (χ3n) is 3.94. The van der Waals surface area contributed by atoms with Crippen LogP contribution in [0, 0.1) is 5.82 Å². The van der Waals surface area contributed by atoms with Crippen molar-refractivity contribution in [2.24, 2.45) is 0 Å². The van der Waals surface area contributed by atoms with E-state index in [0.29, 0.717) is 6.54 Å². The molecule has 2 aromatic carbocycles. The molecule has 1 aliphatic rings. The maximum Gasteiger partial charge on any atom is 0.341 e. The highest BCUT2D eigenvalue weighted by Gasteiger charge is 2.30. The van der Waals surface area contributed by atoms with Gasteiger partial charge in [0.25, 0.3) is 5.91 Å². The highest BCUT2D eigenvalue weighted by atomic mass is 35.5. The van der Waals surface area contributed by atoms with Gasteiger partial charge in [-0.15, -0.1) is 0 Å². The van der Waals surface area contributed by atoms with Gasteiger partial charge in [-0.2, -0.15) is 0 Å². The number of fused-ring (bicyclic) bond motifs is 1. The first kappa shape index (κ1) is 16.5. The quantitative estimate of drug-likeness (QED) is 0.797. The molecule has 0 bridgehead atoms. The van der Waals surface area contributed by atoms with Crippen LogP contribution in [0.2, 0.25) is 5.02 Å². The summed E-state index contributed by atoms with van der Waals surface area (Å²) in [6.07, 6.45) is -0.257. The molecule has 0 saturated carbocycles. The van der Waals surface area contributed by atoms with Crippen LogP contribution < -0.4 is 4.90 Å². The molecule has 0 aromatic heterocycles. The minimum absolute atomic E-state index is 0.182. The van der Waals surface area contributed by atoms with Gasteiger partial charge in [0, 0.05) is 17.3 Å². The number of nitrogens with zero attached hydrogens (tertiary/aromatic N) is 1. The van der Waals surface area contributed by atoms with E-state index in [9.17, 15) is 14.0 Å². The number of ether oxygens (including phenoxy) is 1. The number of carbonyl (C=O) groups is 2. The van der Waals surface area contributed by atoms with Crippen molar-refractivity contribution >= 4 is 29.2 Å². The standard InChI is InChI=1S/C18H15ClFNO3/c1-11(24-18(23)14-7-6-13(19)10-15(14)20)17(22)21-9-8-12-4-2-3-5-16(12)21/h2-7,10-11H,8-9H2,1H3/t11-/m0/s1. The summed E-state index contributed by atoms with van der Waals surface area (Å²) in [6.45, 7) is 2.02. The van der Waals surface area contributed by atoms with E-state index >= 15 is 0 Å². The highest BCUT2D eigenvalue weighted by molar-refractivity contribution is 6.30. The van der Waals surface area contributed by atoms with Crippen molar-refractivity contribution in [3.05, 3.63) is 64.4 Å². The van der Waals surface area contributed by atoms with Crippen LogP contribution in [0.3, 0.4) is 0 Å². The summed E-state index contributed by atoms with van der Waals surface area (Å²) < 4.78 is 18.9. The lowest BCUT2D eigenvalue weighted by Crippen LogP contribution is -2.39. The normalized spacial score (nSPS) is 14.2. The van der Waals surface area contributed by atoms with E-state index in [1.807, 2.05) is 24.3 Å². The Morgan fingerprint density at radius 3 is 2.75 bits per heavy atom. The zero-order valence-corrected chi connectivity index (χ0v) is 13.7. The highest BCUT2D eigenvalue weighted by Crippen LogP contribution is 2.28. The maximum atomic E-state index is 13.8. The van der Waals surface area contributed by atoms with Crippen LogP contribution in [0.25, 0.3) is 0 Å². The topological polar surface area (TPSA) is 46.6 Å². The lowest BCUT2D eigenvalue weighted by atomic mass is 10.2. The summed E-state index contributed by atoms with van der Waals surface area (Å²) >= 11 is 5.66. The van der Waals surface area contributed by atoms with E-state index in [-0.39, 0.29) is 16.5 Å². The van der Waals surface area contributed by atoms with Crippen molar-refractivity contribution in [1.29, 1.82) is 0 Å². The summed E-state index contributed by atoms with van der Waals surface area (Å²) in [4.78, 5) is 26.2. The number of anilines is 1. The first-order valence-corrected chi connectivity index (χ1v) is 7.90. The summed E-state index contributed by atoms with van der Waals surface area (Å²) in [6, 6.07) is 11.2. The SMILES string of the molecule is C[C@H](OC(=O)c1ccc(Cl)cc1F)C(=O)N1CCc2ccccc21. The van der Waals surface area contributed by atoms with Gasteiger partial charge >= 0.3 is 5.97 Å². The van der Waals surface area contributed by atoms with E-state index in [1.165, 1.54) is 19.1 Å². The summed E-state index contributed by atoms with van der Waals surface area (Å²) in [5.41, 5.74) is 1.65. The molecule has 2 aromatic rings. The molecule has 1 amide bonds. The smallest absolute Gasteiger partial charge is 0.341 e. The molecule has 0 spiro atoms. The Bertz CT molecular complexity index is 809. The second kappa shape index (κ2) is 6.61. The minimum Gasteiger partial charge on any atom is -0.449 e. The minimum atomic E-state index is -1.02. The molecule has 0 unspecified atom stereocenters. The van der Waals surface area contributed by atoms with Crippen molar-refractivity contribution in [3.8, 4) is 0 Å². The Balaban J connectivity index is 1.72. The lowest BCUT2D eigenvalue weighted by Gasteiger charge is -2.21. The van der Waals surface area contributed by atoms with E-state index < -0.39 is 17.9 Å². The molecule has 4 nitrogen and oxygen atoms in total. The predicted molar refractivity (Wildman–Crippen MR) is 88.8 cm³/mol. The molecule has 0 aliphatic carbocycles. The fourth-order valence-electron chi connectivity index (χ4n) is 2.72. The monoisotopic (exact) mass is 347 g/mol. The molecule has 0 N–H and O–H groups in total. The lowest BCUT2D eigenvalue weighted by molar-refractivity contribution is -0.126. The van der Waals surface area contributed by atoms with E-state index in [2.05, 4.69) is 0 Å². The molecule has 1 atom stereocenters. The van der Waals surface area contributed by atoms with Crippen molar-refractivity contribution in [2.75, 3.05) is 11.4 Å². The number of hydrogen-bond donors (Lipinski definition) is 0. The van der Waals surface area contributed by atoms with E-state index in [0.717, 1.165) is 23.7 Å². The molecule has 3 rings (SSSR count). The van der Waals surface area contributed by atoms with Gasteiger partial charge in [0.15, 0.2) is 6.10 Å². The van der Waals surface area contributed by atoms with Gasteiger partial charge in [0.05, 0.1) is 5.56 Å². The number of hydrogen-bond acceptors (Lipinski definition) is 3. The predicted octanol–water partition coefficient (Wildman–Crippen LogP) is 3.61. The maximum absolute atomic E-state index is 13.8. The number of esters is 1. The fourth-order valence-corrected chi connectivity index (χ4v) is 2.87. The second-order valence-electron chi connectivity index (χ2n) is 5.54. The van der Waals surface area contributed by atoms with Crippen LogP contribution in [-0.2, 0) is 16.0 Å². The molecular formula is C18H15ClFNO3. The van der Waals surface area contributed by atoms with Crippen molar-refractivity contribution in [2.45, 2.75) is 19.4 Å². The van der Waals surface area contributed by atoms with E-state index in [1.54, 1.807) is 4.90 Å². The Labute approximate surface area is 143 Å². The first-order chi connectivity index (χ1) is 11.5. The molecule has 124 valence electrons. The molecule has 6 heteroatoms. The third-order valence-corrected chi connectivity index (χ3v) is 4.17. The first-order valence-electron chi connectivity index (χ1n) is 7.52. The summed E-state index contributed by atoms with van der Waals surface area (Å²) in [7, 11) is 0. The van der Waals surface area contributed by atoms with Crippen LogP contribution in [0.1, 0.15) is 22.8 Å². The Kier molecular flexibility index (Phi) is 4.53. The fraction of sp³-hybridized carbons (Fsp3) is 0.222. The Morgan fingerprint density at radius 2 is 2.00 bits per heavy atom. The molecule has 0 radical (unpaired) electrons. The average Bonchev–Trinajstić information content (AvgIpc) is 2.97. The van der Waals surface area contributed by atoms with Gasteiger partial charge in [0.1, 0.15) is 5.82 Å². The van der Waals surface area contributed by atoms with Gasteiger partial charge in [-0.25, -0.2) is 9.18 Å². The molecule has 0 fully saturated rings. The van der Waals surface area contributed by atoms with Crippen LogP contribution >= 0.6 is 11.6 Å². The number of para-hydroxylation sites is 1. The average molecular weight is 348 g/mol. The largest absolute Gasteiger partial charge is 0.449 e. The molecule has 1 aliphatic heterocycles. The zero-order chi connectivity index (χ0) is 17.3. The molecule has 0 saturated heterocycles. The van der Waals surface area contributed by atoms with Gasteiger partial charge in [-0.05, 0) is 43.2 Å². The van der Waals surface area contributed by atoms with Gasteiger partial charge in [-0.1, -0.05) is 29.8 Å². The van der Waals surface area contributed by atoms with Crippen LogP contribution in [0.5, 0.6) is 0 Å². The van der Waals surface area contributed by atoms with Crippen molar-refractivity contribution in [1.82, 2.24) is 0 Å². The molecular weight excluding hydrogens is 333 g/mol. The number of amides is 1. The van der Waals surface area contributed by atoms with Gasteiger partial charge < -0.3 is 9.64 Å². The molecule has 24 heavy (non-hydrogen) atoms.